The molecular formula is C28H33FN4O2. The molecule has 1 fully saturated rings. The second-order valence-electron chi connectivity index (χ2n) is 9.44. The number of rotatable bonds is 7. The summed E-state index contributed by atoms with van der Waals surface area (Å²) in [6.45, 7) is 5.53. The molecule has 6 nitrogen and oxygen atoms in total. The fourth-order valence-electron chi connectivity index (χ4n) is 4.99. The van der Waals surface area contributed by atoms with Crippen LogP contribution in [0.3, 0.4) is 0 Å². The van der Waals surface area contributed by atoms with Gasteiger partial charge in [-0.2, -0.15) is 4.98 Å². The van der Waals surface area contributed by atoms with Gasteiger partial charge in [0.2, 0.25) is 11.8 Å². The molecule has 0 spiro atoms. The van der Waals surface area contributed by atoms with E-state index in [-0.39, 0.29) is 11.7 Å². The highest BCUT2D eigenvalue weighted by molar-refractivity contribution is 5.94. The summed E-state index contributed by atoms with van der Waals surface area (Å²) in [5, 5.41) is 4.98. The quantitative estimate of drug-likeness (QED) is 0.485. The van der Waals surface area contributed by atoms with Crippen molar-refractivity contribution in [2.24, 2.45) is 0 Å². The van der Waals surface area contributed by atoms with Crippen LogP contribution in [0.15, 0.2) is 48.5 Å². The zero-order chi connectivity index (χ0) is 24.0. The third kappa shape index (κ3) is 5.90. The average Bonchev–Trinajstić information content (AvgIpc) is 2.86. The van der Waals surface area contributed by atoms with Gasteiger partial charge < -0.3 is 15.0 Å². The number of pyridine rings is 1. The van der Waals surface area contributed by atoms with E-state index in [0.717, 1.165) is 86.9 Å². The van der Waals surface area contributed by atoms with Crippen LogP contribution in [0.4, 0.5) is 15.9 Å². The number of amides is 1. The molecule has 3 aromatic rings. The molecule has 5 rings (SSSR count). The van der Waals surface area contributed by atoms with Crippen molar-refractivity contribution < 1.29 is 13.9 Å². The van der Waals surface area contributed by atoms with E-state index in [1.54, 1.807) is 6.07 Å². The van der Waals surface area contributed by atoms with Crippen molar-refractivity contribution in [2.45, 2.75) is 38.5 Å². The number of carbonyl (C=O) groups excluding carboxylic acids is 1. The third-order valence-electron chi connectivity index (χ3n) is 6.96. The fraction of sp³-hybridized carbons (Fsp3) is 0.429. The molecule has 3 heterocycles. The number of aromatic nitrogens is 1. The summed E-state index contributed by atoms with van der Waals surface area (Å²) >= 11 is 0. The molecule has 0 saturated carbocycles. The Kier molecular flexibility index (Phi) is 7.42. The van der Waals surface area contributed by atoms with Gasteiger partial charge in [-0.1, -0.05) is 18.2 Å². The molecule has 1 aromatic heterocycles. The monoisotopic (exact) mass is 476 g/mol. The topological polar surface area (TPSA) is 57.7 Å². The number of piperazine rings is 1. The number of carbonyl (C=O) groups is 1. The van der Waals surface area contributed by atoms with Crippen molar-refractivity contribution in [3.63, 3.8) is 0 Å². The van der Waals surface area contributed by atoms with Gasteiger partial charge >= 0.3 is 0 Å². The first-order valence-corrected chi connectivity index (χ1v) is 12.7. The maximum absolute atomic E-state index is 13.8. The predicted octanol–water partition coefficient (Wildman–Crippen LogP) is 5.02. The zero-order valence-electron chi connectivity index (χ0n) is 20.1. The van der Waals surface area contributed by atoms with E-state index in [9.17, 15) is 9.18 Å². The lowest BCUT2D eigenvalue weighted by molar-refractivity contribution is -0.116. The van der Waals surface area contributed by atoms with Crippen LogP contribution >= 0.6 is 0 Å². The molecule has 1 N–H and O–H groups in total. The summed E-state index contributed by atoms with van der Waals surface area (Å²) in [5.41, 5.74) is 2.20. The molecule has 7 heteroatoms. The predicted molar refractivity (Wildman–Crippen MR) is 138 cm³/mol. The summed E-state index contributed by atoms with van der Waals surface area (Å²) in [5.74, 6) is 1.07. The van der Waals surface area contributed by atoms with E-state index in [0.29, 0.717) is 24.7 Å². The second-order valence-corrected chi connectivity index (χ2v) is 9.44. The summed E-state index contributed by atoms with van der Waals surface area (Å²) in [6.07, 6.45) is 5.43. The van der Waals surface area contributed by atoms with E-state index < -0.39 is 0 Å². The van der Waals surface area contributed by atoms with Crippen molar-refractivity contribution >= 4 is 28.2 Å². The van der Waals surface area contributed by atoms with Crippen molar-refractivity contribution in [2.75, 3.05) is 49.5 Å². The Hall–Kier alpha value is -3.19. The molecule has 0 bridgehead atoms. The molecule has 184 valence electrons. The summed E-state index contributed by atoms with van der Waals surface area (Å²) in [4.78, 5) is 21.3. The largest absolute Gasteiger partial charge is 0.478 e. The van der Waals surface area contributed by atoms with Crippen molar-refractivity contribution in [3.8, 4) is 5.88 Å². The van der Waals surface area contributed by atoms with E-state index in [1.807, 2.05) is 24.3 Å². The van der Waals surface area contributed by atoms with Crippen molar-refractivity contribution in [3.05, 3.63) is 59.9 Å². The zero-order valence-corrected chi connectivity index (χ0v) is 20.1. The van der Waals surface area contributed by atoms with E-state index in [1.165, 1.54) is 6.07 Å². The Morgan fingerprint density at radius 1 is 0.971 bits per heavy atom. The molecule has 0 aliphatic carbocycles. The summed E-state index contributed by atoms with van der Waals surface area (Å²) in [6, 6.07) is 15.1. The van der Waals surface area contributed by atoms with Crippen LogP contribution in [-0.4, -0.2) is 55.1 Å². The number of halogens is 1. The van der Waals surface area contributed by atoms with Gasteiger partial charge in [0.05, 0.1) is 6.61 Å². The van der Waals surface area contributed by atoms with Crippen LogP contribution in [0.25, 0.3) is 10.8 Å². The van der Waals surface area contributed by atoms with Crippen molar-refractivity contribution in [1.29, 1.82) is 0 Å². The van der Waals surface area contributed by atoms with E-state index in [2.05, 4.69) is 32.2 Å². The van der Waals surface area contributed by atoms with Gasteiger partial charge in [0.15, 0.2) is 0 Å². The average molecular weight is 477 g/mol. The first-order valence-electron chi connectivity index (χ1n) is 12.7. The number of nitrogens with one attached hydrogen (secondary N) is 1. The van der Waals surface area contributed by atoms with Crippen LogP contribution in [0.1, 0.15) is 37.7 Å². The number of unbranched alkanes of at least 4 members (excludes halogenated alkanes) is 1. The van der Waals surface area contributed by atoms with E-state index in [4.69, 9.17) is 4.74 Å². The number of hydrogen-bond acceptors (Lipinski definition) is 5. The van der Waals surface area contributed by atoms with Gasteiger partial charge in [0.1, 0.15) is 11.6 Å². The standard InChI is InChI=1S/C28H33FN4O2/c29-23-12-10-21-7-5-8-25(24(21)20-23)33-17-15-32(16-18-33)14-3-4-19-35-27-13-11-22-6-1-2-9-26(34)30-28(22)31-27/h5,7-8,10-13,20H,1-4,6,9,14-19H2,(H,30,31,34). The molecule has 2 aromatic carbocycles. The lowest BCUT2D eigenvalue weighted by atomic mass is 10.1. The first-order chi connectivity index (χ1) is 17.2. The number of hydrogen-bond donors (Lipinski definition) is 1. The Bertz CT molecular complexity index is 1180. The number of ether oxygens (including phenoxy) is 1. The number of aryl methyl sites for hydroxylation is 1. The highest BCUT2D eigenvalue weighted by atomic mass is 19.1. The Morgan fingerprint density at radius 2 is 1.83 bits per heavy atom. The molecule has 2 aliphatic heterocycles. The first kappa shape index (κ1) is 23.5. The lowest BCUT2D eigenvalue weighted by Gasteiger charge is -2.36. The highest BCUT2D eigenvalue weighted by Gasteiger charge is 2.19. The molecule has 0 atom stereocenters. The highest BCUT2D eigenvalue weighted by Crippen LogP contribution is 2.28. The normalized spacial score (nSPS) is 16.9. The summed E-state index contributed by atoms with van der Waals surface area (Å²) in [7, 11) is 0. The number of benzene rings is 2. The molecule has 1 amide bonds. The summed E-state index contributed by atoms with van der Waals surface area (Å²) < 4.78 is 19.7. The number of nitrogens with zero attached hydrogens (tertiary/aromatic N) is 3. The van der Waals surface area contributed by atoms with Crippen molar-refractivity contribution in [1.82, 2.24) is 9.88 Å². The molecule has 0 radical (unpaired) electrons. The van der Waals surface area contributed by atoms with Crippen LogP contribution < -0.4 is 15.0 Å². The molecule has 2 aliphatic rings. The molecule has 1 saturated heterocycles. The fourth-order valence-corrected chi connectivity index (χ4v) is 4.99. The minimum atomic E-state index is -0.188. The van der Waals surface area contributed by atoms with Gasteiger partial charge in [0, 0.05) is 49.7 Å². The lowest BCUT2D eigenvalue weighted by Crippen LogP contribution is -2.46. The smallest absolute Gasteiger partial charge is 0.225 e. The number of fused-ring (bicyclic) bond motifs is 2. The molecule has 35 heavy (non-hydrogen) atoms. The van der Waals surface area contributed by atoms with Gasteiger partial charge in [-0.15, -0.1) is 0 Å². The van der Waals surface area contributed by atoms with E-state index >= 15 is 0 Å². The van der Waals surface area contributed by atoms with Gasteiger partial charge in [-0.3, -0.25) is 9.69 Å². The van der Waals surface area contributed by atoms with Crippen LogP contribution in [0, 0.1) is 5.82 Å². The van der Waals surface area contributed by atoms with Crippen LogP contribution in [0.2, 0.25) is 0 Å². The third-order valence-corrected chi connectivity index (χ3v) is 6.96. The Labute approximate surface area is 206 Å². The number of anilines is 2. The second kappa shape index (κ2) is 11.0. The van der Waals surface area contributed by atoms with Crippen LogP contribution in [-0.2, 0) is 11.2 Å². The minimum Gasteiger partial charge on any atom is -0.478 e. The Morgan fingerprint density at radius 3 is 2.71 bits per heavy atom. The molecular weight excluding hydrogens is 443 g/mol. The van der Waals surface area contributed by atoms with Crippen LogP contribution in [0.5, 0.6) is 5.88 Å². The SMILES string of the molecule is O=C1CCCCc2ccc(OCCCCN3CCN(c4cccc5ccc(F)cc45)CC3)nc2N1. The van der Waals surface area contributed by atoms with Gasteiger partial charge in [-0.05, 0) is 73.9 Å². The Balaban J connectivity index is 1.06. The maximum Gasteiger partial charge on any atom is 0.225 e. The molecule has 0 unspecified atom stereocenters. The maximum atomic E-state index is 13.8. The van der Waals surface area contributed by atoms with Gasteiger partial charge in [0.25, 0.3) is 0 Å². The minimum absolute atomic E-state index is 0.0308. The van der Waals surface area contributed by atoms with Gasteiger partial charge in [-0.25, -0.2) is 4.39 Å².